The van der Waals surface area contributed by atoms with Gasteiger partial charge in [0.05, 0.1) is 5.56 Å². The second-order valence-corrected chi connectivity index (χ2v) is 5.55. The molecule has 1 fully saturated rings. The number of anilines is 1. The van der Waals surface area contributed by atoms with Crippen molar-refractivity contribution in [2.24, 2.45) is 5.73 Å². The third kappa shape index (κ3) is 3.45. The Hall–Kier alpha value is -1.23. The van der Waals surface area contributed by atoms with E-state index in [1.54, 1.807) is 12.1 Å². The zero-order valence-corrected chi connectivity index (χ0v) is 11.9. The fraction of sp³-hybridized carbons (Fsp3) is 0.600. The molecule has 5 heteroatoms. The quantitative estimate of drug-likeness (QED) is 0.896. The summed E-state index contributed by atoms with van der Waals surface area (Å²) in [5, 5.41) is 0. The van der Waals surface area contributed by atoms with Gasteiger partial charge in [-0.3, -0.25) is 0 Å². The summed E-state index contributed by atoms with van der Waals surface area (Å²) in [5.41, 5.74) is 6.17. The lowest BCUT2D eigenvalue weighted by Crippen LogP contribution is -2.24. The molecule has 1 aromatic carbocycles. The Bertz CT molecular complexity index is 467. The highest BCUT2D eigenvalue weighted by Gasteiger charge is 2.35. The van der Waals surface area contributed by atoms with Gasteiger partial charge >= 0.3 is 6.18 Å². The molecule has 2 rings (SSSR count). The molecule has 1 aromatic rings. The Labute approximate surface area is 117 Å². The standard InChI is InChI=1S/C15H21F3N2/c1-3-11(19)8-10-4-5-13(20(2)12-6-7-12)9-14(10)15(16,17)18/h4-5,9,11-12H,3,6-8,19H2,1-2H3. The molecule has 0 aliphatic heterocycles. The minimum atomic E-state index is -4.33. The van der Waals surface area contributed by atoms with Gasteiger partial charge in [-0.1, -0.05) is 13.0 Å². The second-order valence-electron chi connectivity index (χ2n) is 5.55. The SMILES string of the molecule is CCC(N)Cc1ccc(N(C)C2CC2)cc1C(F)(F)F. The maximum atomic E-state index is 13.2. The first kappa shape index (κ1) is 15.2. The van der Waals surface area contributed by atoms with E-state index in [2.05, 4.69) is 0 Å². The number of hydrogen-bond donors (Lipinski definition) is 1. The molecule has 0 aromatic heterocycles. The van der Waals surface area contributed by atoms with Crippen molar-refractivity contribution in [1.82, 2.24) is 0 Å². The number of alkyl halides is 3. The van der Waals surface area contributed by atoms with Crippen LogP contribution in [0.25, 0.3) is 0 Å². The summed E-state index contributed by atoms with van der Waals surface area (Å²) in [6.07, 6.45) is -1.29. The molecule has 0 amide bonds. The van der Waals surface area contributed by atoms with E-state index in [0.717, 1.165) is 12.8 Å². The van der Waals surface area contributed by atoms with Crippen molar-refractivity contribution >= 4 is 5.69 Å². The predicted molar refractivity (Wildman–Crippen MR) is 74.8 cm³/mol. The zero-order chi connectivity index (χ0) is 14.9. The molecule has 1 saturated carbocycles. The van der Waals surface area contributed by atoms with Crippen LogP contribution in [0.5, 0.6) is 0 Å². The van der Waals surface area contributed by atoms with Gasteiger partial charge in [-0.15, -0.1) is 0 Å². The summed E-state index contributed by atoms with van der Waals surface area (Å²) in [5.74, 6) is 0. The Kier molecular flexibility index (Phi) is 4.28. The summed E-state index contributed by atoms with van der Waals surface area (Å²) >= 11 is 0. The highest BCUT2D eigenvalue weighted by Crippen LogP contribution is 2.37. The molecule has 2 nitrogen and oxygen atoms in total. The Morgan fingerprint density at radius 3 is 2.50 bits per heavy atom. The minimum Gasteiger partial charge on any atom is -0.372 e. The van der Waals surface area contributed by atoms with Crippen LogP contribution in [0, 0.1) is 0 Å². The molecule has 1 unspecified atom stereocenters. The third-order valence-corrected chi connectivity index (χ3v) is 3.91. The van der Waals surface area contributed by atoms with Crippen molar-refractivity contribution in [2.45, 2.75) is 50.9 Å². The second kappa shape index (κ2) is 5.64. The molecular weight excluding hydrogens is 265 g/mol. The maximum Gasteiger partial charge on any atom is 0.416 e. The van der Waals surface area contributed by atoms with E-state index < -0.39 is 11.7 Å². The number of rotatable bonds is 5. The fourth-order valence-corrected chi connectivity index (χ4v) is 2.33. The normalized spacial score (nSPS) is 17.1. The Balaban J connectivity index is 2.32. The average molecular weight is 286 g/mol. The minimum absolute atomic E-state index is 0.233. The van der Waals surface area contributed by atoms with Crippen molar-refractivity contribution in [3.05, 3.63) is 29.3 Å². The zero-order valence-electron chi connectivity index (χ0n) is 11.9. The topological polar surface area (TPSA) is 29.3 Å². The van der Waals surface area contributed by atoms with E-state index in [9.17, 15) is 13.2 Å². The lowest BCUT2D eigenvalue weighted by molar-refractivity contribution is -0.138. The molecule has 0 spiro atoms. The number of halogens is 3. The molecule has 0 saturated heterocycles. The summed E-state index contributed by atoms with van der Waals surface area (Å²) in [6, 6.07) is 4.76. The van der Waals surface area contributed by atoms with Crippen LogP contribution in [0.15, 0.2) is 18.2 Å². The van der Waals surface area contributed by atoms with Gasteiger partial charge in [0.1, 0.15) is 0 Å². The van der Waals surface area contributed by atoms with Gasteiger partial charge in [-0.2, -0.15) is 13.2 Å². The van der Waals surface area contributed by atoms with Crippen molar-refractivity contribution in [2.75, 3.05) is 11.9 Å². The molecule has 0 radical (unpaired) electrons. The number of hydrogen-bond acceptors (Lipinski definition) is 2. The number of benzene rings is 1. The van der Waals surface area contributed by atoms with Crippen LogP contribution < -0.4 is 10.6 Å². The summed E-state index contributed by atoms with van der Waals surface area (Å²) in [4.78, 5) is 1.93. The van der Waals surface area contributed by atoms with Gasteiger partial charge in [0.15, 0.2) is 0 Å². The van der Waals surface area contributed by atoms with Gasteiger partial charge in [-0.05, 0) is 43.4 Å². The van der Waals surface area contributed by atoms with E-state index in [1.807, 2.05) is 18.9 Å². The van der Waals surface area contributed by atoms with E-state index in [-0.39, 0.29) is 12.5 Å². The van der Waals surface area contributed by atoms with Gasteiger partial charge in [0, 0.05) is 24.8 Å². The van der Waals surface area contributed by atoms with Crippen molar-refractivity contribution in [3.8, 4) is 0 Å². The van der Waals surface area contributed by atoms with E-state index in [1.165, 1.54) is 6.07 Å². The highest BCUT2D eigenvalue weighted by molar-refractivity contribution is 5.53. The van der Waals surface area contributed by atoms with Gasteiger partial charge in [-0.25, -0.2) is 0 Å². The Morgan fingerprint density at radius 1 is 1.35 bits per heavy atom. The van der Waals surface area contributed by atoms with Crippen LogP contribution in [0.2, 0.25) is 0 Å². The predicted octanol–water partition coefficient (Wildman–Crippen LogP) is 3.58. The largest absolute Gasteiger partial charge is 0.416 e. The van der Waals surface area contributed by atoms with Crippen LogP contribution in [-0.4, -0.2) is 19.1 Å². The summed E-state index contributed by atoms with van der Waals surface area (Å²) in [6.45, 7) is 1.88. The molecule has 1 aliphatic carbocycles. The van der Waals surface area contributed by atoms with Crippen molar-refractivity contribution < 1.29 is 13.2 Å². The lowest BCUT2D eigenvalue weighted by atomic mass is 9.98. The fourth-order valence-electron chi connectivity index (χ4n) is 2.33. The summed E-state index contributed by atoms with van der Waals surface area (Å²) in [7, 11) is 1.85. The molecule has 20 heavy (non-hydrogen) atoms. The molecular formula is C15H21F3N2. The van der Waals surface area contributed by atoms with Gasteiger partial charge in [0.25, 0.3) is 0 Å². The number of nitrogens with two attached hydrogens (primary N) is 1. The number of nitrogens with zero attached hydrogens (tertiary/aromatic N) is 1. The van der Waals surface area contributed by atoms with Crippen LogP contribution in [0.4, 0.5) is 18.9 Å². The first-order valence-electron chi connectivity index (χ1n) is 7.01. The van der Waals surface area contributed by atoms with Crippen LogP contribution in [0.3, 0.4) is 0 Å². The van der Waals surface area contributed by atoms with Crippen LogP contribution in [-0.2, 0) is 12.6 Å². The first-order valence-corrected chi connectivity index (χ1v) is 7.01. The molecule has 2 N–H and O–H groups in total. The third-order valence-electron chi connectivity index (χ3n) is 3.91. The molecule has 0 heterocycles. The van der Waals surface area contributed by atoms with E-state index >= 15 is 0 Å². The molecule has 1 aliphatic rings. The van der Waals surface area contributed by atoms with Crippen LogP contribution >= 0.6 is 0 Å². The Morgan fingerprint density at radius 2 is 2.00 bits per heavy atom. The van der Waals surface area contributed by atoms with E-state index in [0.29, 0.717) is 23.7 Å². The molecule has 1 atom stereocenters. The van der Waals surface area contributed by atoms with Gasteiger partial charge < -0.3 is 10.6 Å². The smallest absolute Gasteiger partial charge is 0.372 e. The van der Waals surface area contributed by atoms with Gasteiger partial charge in [0.2, 0.25) is 0 Å². The lowest BCUT2D eigenvalue weighted by Gasteiger charge is -2.22. The summed E-state index contributed by atoms with van der Waals surface area (Å²) < 4.78 is 39.6. The molecule has 0 bridgehead atoms. The maximum absolute atomic E-state index is 13.2. The van der Waals surface area contributed by atoms with Crippen LogP contribution in [0.1, 0.15) is 37.3 Å². The van der Waals surface area contributed by atoms with Crippen molar-refractivity contribution in [3.63, 3.8) is 0 Å². The van der Waals surface area contributed by atoms with E-state index in [4.69, 9.17) is 5.73 Å². The molecule has 112 valence electrons. The first-order chi connectivity index (χ1) is 9.32. The van der Waals surface area contributed by atoms with Crippen molar-refractivity contribution in [1.29, 1.82) is 0 Å². The average Bonchev–Trinajstić information content (AvgIpc) is 3.21. The highest BCUT2D eigenvalue weighted by atomic mass is 19.4. The monoisotopic (exact) mass is 286 g/mol.